The number of aromatic nitrogens is 2. The average molecular weight is 444 g/mol. The van der Waals surface area contributed by atoms with E-state index in [0.29, 0.717) is 23.7 Å². The maximum atomic E-state index is 12.6. The van der Waals surface area contributed by atoms with Crippen LogP contribution >= 0.6 is 0 Å². The molecule has 1 aromatic heterocycles. The van der Waals surface area contributed by atoms with Crippen LogP contribution in [0.3, 0.4) is 0 Å². The zero-order valence-electron chi connectivity index (χ0n) is 18.7. The van der Waals surface area contributed by atoms with E-state index in [-0.39, 0.29) is 5.91 Å². The van der Waals surface area contributed by atoms with Crippen LogP contribution in [0.4, 0.5) is 0 Å². The van der Waals surface area contributed by atoms with Gasteiger partial charge in [0.1, 0.15) is 23.1 Å². The molecule has 0 aliphatic rings. The van der Waals surface area contributed by atoms with Crippen LogP contribution in [0, 0.1) is 0 Å². The van der Waals surface area contributed by atoms with Gasteiger partial charge in [-0.2, -0.15) is 0 Å². The lowest BCUT2D eigenvalue weighted by molar-refractivity contribution is 0.0948. The number of carbonyl (C=O) groups excluding carboxylic acids is 1. The fraction of sp³-hybridized carbons (Fsp3) is 0.154. The molecular formula is C26H25N3O4. The van der Waals surface area contributed by atoms with E-state index >= 15 is 0 Å². The molecule has 0 fully saturated rings. The van der Waals surface area contributed by atoms with Gasteiger partial charge >= 0.3 is 0 Å². The highest BCUT2D eigenvalue weighted by atomic mass is 16.5. The first-order chi connectivity index (χ1) is 16.1. The Morgan fingerprint density at radius 3 is 2.52 bits per heavy atom. The van der Waals surface area contributed by atoms with Gasteiger partial charge in [-0.15, -0.1) is 0 Å². The molecule has 7 nitrogen and oxygen atoms in total. The largest absolute Gasteiger partial charge is 0.497 e. The zero-order valence-corrected chi connectivity index (χ0v) is 18.7. The second-order valence-electron chi connectivity index (χ2n) is 7.30. The van der Waals surface area contributed by atoms with E-state index in [0.717, 1.165) is 33.9 Å². The quantitative estimate of drug-likeness (QED) is 0.412. The van der Waals surface area contributed by atoms with Gasteiger partial charge in [-0.25, -0.2) is 4.98 Å². The Labute approximate surface area is 192 Å². The second kappa shape index (κ2) is 9.91. The molecule has 0 radical (unpaired) electrons. The molecule has 0 bridgehead atoms. The van der Waals surface area contributed by atoms with E-state index < -0.39 is 0 Å². The number of hydrogen-bond donors (Lipinski definition) is 2. The number of H-pyrrole nitrogens is 1. The minimum absolute atomic E-state index is 0.191. The Morgan fingerprint density at radius 2 is 1.73 bits per heavy atom. The van der Waals surface area contributed by atoms with Gasteiger partial charge in [0.05, 0.1) is 38.8 Å². The molecule has 0 atom stereocenters. The minimum atomic E-state index is -0.191. The number of benzene rings is 3. The van der Waals surface area contributed by atoms with Crippen molar-refractivity contribution in [2.75, 3.05) is 21.3 Å². The van der Waals surface area contributed by atoms with Gasteiger partial charge in [-0.05, 0) is 42.0 Å². The molecule has 3 aromatic carbocycles. The lowest BCUT2D eigenvalue weighted by Crippen LogP contribution is -2.23. The molecule has 0 unspecified atom stereocenters. The standard InChI is InChI=1S/C26H25N3O4/c1-31-19-11-12-24(33-3)21(14-19)22-16-27-25(29-22)18-8-6-7-17(13-18)15-28-26(30)20-9-4-5-10-23(20)32-2/h4-14,16H,15H2,1-3H3,(H,27,29)(H,28,30). The summed E-state index contributed by atoms with van der Waals surface area (Å²) in [5.74, 6) is 2.52. The van der Waals surface area contributed by atoms with E-state index in [1.54, 1.807) is 39.7 Å². The molecule has 0 aliphatic heterocycles. The minimum Gasteiger partial charge on any atom is -0.497 e. The van der Waals surface area contributed by atoms with Crippen molar-refractivity contribution in [1.29, 1.82) is 0 Å². The van der Waals surface area contributed by atoms with Crippen LogP contribution in [0.15, 0.2) is 72.9 Å². The monoisotopic (exact) mass is 443 g/mol. The topological polar surface area (TPSA) is 85.5 Å². The Hall–Kier alpha value is -4.26. The predicted molar refractivity (Wildman–Crippen MR) is 127 cm³/mol. The number of aromatic amines is 1. The average Bonchev–Trinajstić information content (AvgIpc) is 3.37. The number of rotatable bonds is 8. The molecule has 0 spiro atoms. The number of ether oxygens (including phenoxy) is 3. The summed E-state index contributed by atoms with van der Waals surface area (Å²) in [6.45, 7) is 0.377. The predicted octanol–water partition coefficient (Wildman–Crippen LogP) is 4.70. The first kappa shape index (κ1) is 22.0. The van der Waals surface area contributed by atoms with Crippen molar-refractivity contribution in [3.63, 3.8) is 0 Å². The summed E-state index contributed by atoms with van der Waals surface area (Å²) < 4.78 is 16.1. The lowest BCUT2D eigenvalue weighted by Gasteiger charge is -2.10. The molecule has 4 rings (SSSR count). The molecule has 0 saturated heterocycles. The number of para-hydroxylation sites is 1. The third-order valence-corrected chi connectivity index (χ3v) is 5.28. The number of amides is 1. The van der Waals surface area contributed by atoms with Gasteiger partial charge in [-0.3, -0.25) is 4.79 Å². The third kappa shape index (κ3) is 4.82. The van der Waals surface area contributed by atoms with Crippen molar-refractivity contribution in [2.45, 2.75) is 6.54 Å². The van der Waals surface area contributed by atoms with Crippen molar-refractivity contribution < 1.29 is 19.0 Å². The van der Waals surface area contributed by atoms with E-state index in [1.165, 1.54) is 0 Å². The molecule has 1 amide bonds. The second-order valence-corrected chi connectivity index (χ2v) is 7.30. The highest BCUT2D eigenvalue weighted by Gasteiger charge is 2.13. The number of imidazole rings is 1. The maximum absolute atomic E-state index is 12.6. The first-order valence-electron chi connectivity index (χ1n) is 10.4. The third-order valence-electron chi connectivity index (χ3n) is 5.28. The van der Waals surface area contributed by atoms with E-state index in [9.17, 15) is 4.79 Å². The Bertz CT molecular complexity index is 1270. The fourth-order valence-electron chi connectivity index (χ4n) is 3.57. The molecule has 7 heteroatoms. The van der Waals surface area contributed by atoms with Gasteiger partial charge in [-0.1, -0.05) is 30.3 Å². The molecular weight excluding hydrogens is 418 g/mol. The van der Waals surface area contributed by atoms with Crippen LogP contribution in [0.25, 0.3) is 22.6 Å². The van der Waals surface area contributed by atoms with Gasteiger partial charge in [0.25, 0.3) is 5.91 Å². The Morgan fingerprint density at radius 1 is 0.909 bits per heavy atom. The van der Waals surface area contributed by atoms with Gasteiger partial charge in [0.2, 0.25) is 0 Å². The molecule has 4 aromatic rings. The Kier molecular flexibility index (Phi) is 6.59. The van der Waals surface area contributed by atoms with Crippen LogP contribution in [0.1, 0.15) is 15.9 Å². The lowest BCUT2D eigenvalue weighted by atomic mass is 10.1. The van der Waals surface area contributed by atoms with Gasteiger partial charge in [0.15, 0.2) is 0 Å². The highest BCUT2D eigenvalue weighted by Crippen LogP contribution is 2.33. The van der Waals surface area contributed by atoms with Crippen LogP contribution in [-0.4, -0.2) is 37.2 Å². The summed E-state index contributed by atoms with van der Waals surface area (Å²) in [5, 5.41) is 2.95. The molecule has 2 N–H and O–H groups in total. The van der Waals surface area contributed by atoms with Crippen LogP contribution in [0.5, 0.6) is 17.2 Å². The molecule has 168 valence electrons. The number of methoxy groups -OCH3 is 3. The number of nitrogens with zero attached hydrogens (tertiary/aromatic N) is 1. The van der Waals surface area contributed by atoms with Crippen LogP contribution in [-0.2, 0) is 6.54 Å². The van der Waals surface area contributed by atoms with Gasteiger partial charge in [0, 0.05) is 17.7 Å². The number of hydrogen-bond acceptors (Lipinski definition) is 5. The van der Waals surface area contributed by atoms with Gasteiger partial charge < -0.3 is 24.5 Å². The van der Waals surface area contributed by atoms with E-state index in [1.807, 2.05) is 54.6 Å². The first-order valence-corrected chi connectivity index (χ1v) is 10.4. The summed E-state index contributed by atoms with van der Waals surface area (Å²) in [7, 11) is 4.81. The van der Waals surface area contributed by atoms with Crippen molar-refractivity contribution in [3.8, 4) is 39.9 Å². The van der Waals surface area contributed by atoms with Crippen LogP contribution < -0.4 is 19.5 Å². The van der Waals surface area contributed by atoms with Crippen molar-refractivity contribution in [1.82, 2.24) is 15.3 Å². The normalized spacial score (nSPS) is 10.5. The summed E-state index contributed by atoms with van der Waals surface area (Å²) >= 11 is 0. The number of carbonyl (C=O) groups is 1. The van der Waals surface area contributed by atoms with E-state index in [4.69, 9.17) is 14.2 Å². The summed E-state index contributed by atoms with van der Waals surface area (Å²) in [5.41, 5.74) is 4.03. The van der Waals surface area contributed by atoms with E-state index in [2.05, 4.69) is 15.3 Å². The molecule has 33 heavy (non-hydrogen) atoms. The van der Waals surface area contributed by atoms with Crippen molar-refractivity contribution in [3.05, 3.63) is 84.1 Å². The Balaban J connectivity index is 1.52. The SMILES string of the molecule is COc1ccc(OC)c(-c2cnc(-c3cccc(CNC(=O)c4ccccc4OC)c3)[nH]2)c1. The van der Waals surface area contributed by atoms with Crippen molar-refractivity contribution in [2.24, 2.45) is 0 Å². The smallest absolute Gasteiger partial charge is 0.255 e. The van der Waals surface area contributed by atoms with Crippen LogP contribution in [0.2, 0.25) is 0 Å². The zero-order chi connectivity index (χ0) is 23.2. The van der Waals surface area contributed by atoms with Crippen molar-refractivity contribution >= 4 is 5.91 Å². The summed E-state index contributed by atoms with van der Waals surface area (Å²) in [6.07, 6.45) is 1.77. The molecule has 0 saturated carbocycles. The molecule has 0 aliphatic carbocycles. The summed E-state index contributed by atoms with van der Waals surface area (Å²) in [6, 6.07) is 20.6. The maximum Gasteiger partial charge on any atom is 0.255 e. The fourth-order valence-corrected chi connectivity index (χ4v) is 3.57. The molecule has 1 heterocycles. The highest BCUT2D eigenvalue weighted by molar-refractivity contribution is 5.96. The summed E-state index contributed by atoms with van der Waals surface area (Å²) in [4.78, 5) is 20.5. The number of nitrogens with one attached hydrogen (secondary N) is 2.